The lowest BCUT2D eigenvalue weighted by Crippen LogP contribution is -2.68. The topological polar surface area (TPSA) is 82.5 Å². The molecule has 3 atom stereocenters. The number of nitrogens with zero attached hydrogens (tertiary/aromatic N) is 1. The minimum absolute atomic E-state index is 0.0594. The lowest BCUT2D eigenvalue weighted by molar-refractivity contribution is -0.0985. The molecule has 4 rings (SSSR count). The van der Waals surface area contributed by atoms with Gasteiger partial charge in [-0.15, -0.1) is 0 Å². The van der Waals surface area contributed by atoms with Crippen molar-refractivity contribution < 1.29 is 13.6 Å². The third kappa shape index (κ3) is 6.17. The standard InChI is InChI=1S/C35H50N2O5Si2/c1-25(2)35(24-40-44(34(7,8)9,27-18-14-12-15-19-27)28-20-16-13-17-21-28)29(42-43(10,11)33(4,5)6)22-30(41-35)37-23-26(3)31(38)36-32(37)39/h12-21,23,29-30H,1,22,24H2,2-11H3,(H,36,38,39)/t29-,30+,35-/m0/s1. The van der Waals surface area contributed by atoms with Gasteiger partial charge in [0.25, 0.3) is 13.9 Å². The van der Waals surface area contributed by atoms with Gasteiger partial charge in [0.05, 0.1) is 12.7 Å². The third-order valence-electron chi connectivity index (χ3n) is 9.62. The normalized spacial score (nSPS) is 21.4. The van der Waals surface area contributed by atoms with Crippen LogP contribution in [0.3, 0.4) is 0 Å². The number of aromatic amines is 1. The Hall–Kier alpha value is -2.83. The van der Waals surface area contributed by atoms with Crippen LogP contribution in [0.4, 0.5) is 0 Å². The first-order chi connectivity index (χ1) is 20.4. The highest BCUT2D eigenvalue weighted by molar-refractivity contribution is 6.99. The van der Waals surface area contributed by atoms with Crippen molar-refractivity contribution in [3.8, 4) is 0 Å². The molecule has 0 amide bonds. The quantitative estimate of drug-likeness (QED) is 0.229. The Morgan fingerprint density at radius 1 is 0.977 bits per heavy atom. The monoisotopic (exact) mass is 634 g/mol. The molecule has 0 radical (unpaired) electrons. The van der Waals surface area contributed by atoms with Gasteiger partial charge in [0.2, 0.25) is 0 Å². The molecule has 1 N–H and O–H groups in total. The van der Waals surface area contributed by atoms with Crippen LogP contribution in [0.1, 0.15) is 66.7 Å². The molecule has 0 spiro atoms. The molecule has 0 bridgehead atoms. The van der Waals surface area contributed by atoms with Crippen LogP contribution in [0, 0.1) is 6.92 Å². The average Bonchev–Trinajstić information content (AvgIpc) is 3.29. The summed E-state index contributed by atoms with van der Waals surface area (Å²) < 4.78 is 23.0. The van der Waals surface area contributed by atoms with Crippen molar-refractivity contribution in [2.75, 3.05) is 6.61 Å². The molecule has 7 nitrogen and oxygen atoms in total. The van der Waals surface area contributed by atoms with Gasteiger partial charge in [0, 0.05) is 18.2 Å². The summed E-state index contributed by atoms with van der Waals surface area (Å²) in [5, 5.41) is 2.03. The zero-order valence-corrected chi connectivity index (χ0v) is 30.1. The molecule has 238 valence electrons. The van der Waals surface area contributed by atoms with Crippen molar-refractivity contribution in [3.05, 3.63) is 105 Å². The SMILES string of the molecule is C=C(C)[C@]1(CO[Si](c2ccccc2)(c2ccccc2)C(C)(C)C)O[C@@H](n2cc(C)c(=O)[nH]c2=O)C[C@@H]1O[Si](C)(C)C(C)(C)C. The summed E-state index contributed by atoms with van der Waals surface area (Å²) in [4.78, 5) is 27.7. The lowest BCUT2D eigenvalue weighted by Gasteiger charge is -2.47. The highest BCUT2D eigenvalue weighted by Crippen LogP contribution is 2.48. The summed E-state index contributed by atoms with van der Waals surface area (Å²) in [7, 11) is -5.26. The maximum Gasteiger partial charge on any atom is 0.330 e. The van der Waals surface area contributed by atoms with E-state index >= 15 is 0 Å². The molecule has 1 fully saturated rings. The van der Waals surface area contributed by atoms with Crippen LogP contribution in [0.2, 0.25) is 23.2 Å². The summed E-state index contributed by atoms with van der Waals surface area (Å²) in [5.41, 5.74) is -0.750. The fraction of sp³-hybridized carbons (Fsp3) is 0.486. The number of nitrogens with one attached hydrogen (secondary N) is 1. The van der Waals surface area contributed by atoms with Crippen molar-refractivity contribution in [2.45, 2.75) is 103 Å². The first-order valence-corrected chi connectivity index (χ1v) is 20.3. The van der Waals surface area contributed by atoms with Crippen molar-refractivity contribution >= 4 is 27.0 Å². The van der Waals surface area contributed by atoms with Crippen LogP contribution in [0.15, 0.2) is 88.6 Å². The number of aromatic nitrogens is 2. The van der Waals surface area contributed by atoms with Gasteiger partial charge in [-0.2, -0.15) is 0 Å². The lowest BCUT2D eigenvalue weighted by atomic mass is 9.91. The largest absolute Gasteiger partial charge is 0.410 e. The van der Waals surface area contributed by atoms with E-state index in [0.29, 0.717) is 12.0 Å². The number of ether oxygens (including phenoxy) is 1. The molecule has 1 saturated heterocycles. The first kappa shape index (κ1) is 34.1. The molecule has 1 aliphatic heterocycles. The van der Waals surface area contributed by atoms with E-state index in [1.807, 2.05) is 19.1 Å². The molecule has 0 aliphatic carbocycles. The molecule has 3 aromatic rings. The second-order valence-corrected chi connectivity index (χ2v) is 23.8. The van der Waals surface area contributed by atoms with Gasteiger partial charge in [-0.1, -0.05) is 109 Å². The Bertz CT molecular complexity index is 1550. The molecular weight excluding hydrogens is 585 g/mol. The smallest absolute Gasteiger partial charge is 0.330 e. The molecule has 0 unspecified atom stereocenters. The number of hydrogen-bond donors (Lipinski definition) is 1. The van der Waals surface area contributed by atoms with Crippen LogP contribution in [-0.2, 0) is 13.6 Å². The fourth-order valence-electron chi connectivity index (χ4n) is 5.99. The molecular formula is C35H50N2O5Si2. The molecule has 44 heavy (non-hydrogen) atoms. The van der Waals surface area contributed by atoms with Crippen LogP contribution in [0.25, 0.3) is 0 Å². The summed E-state index contributed by atoms with van der Waals surface area (Å²) in [6.07, 6.45) is 0.886. The Balaban J connectivity index is 1.89. The summed E-state index contributed by atoms with van der Waals surface area (Å²) in [6, 6.07) is 21.0. The minimum atomic E-state index is -2.94. The van der Waals surface area contributed by atoms with E-state index in [2.05, 4.69) is 115 Å². The second-order valence-electron chi connectivity index (χ2n) is 14.8. The summed E-state index contributed by atoms with van der Waals surface area (Å²) in [6.45, 7) is 26.1. The van der Waals surface area contributed by atoms with Crippen LogP contribution >= 0.6 is 0 Å². The van der Waals surface area contributed by atoms with Gasteiger partial charge in [0.1, 0.15) is 11.8 Å². The maximum atomic E-state index is 13.1. The molecule has 2 heterocycles. The molecule has 0 saturated carbocycles. The van der Waals surface area contributed by atoms with E-state index in [0.717, 1.165) is 5.57 Å². The van der Waals surface area contributed by atoms with E-state index in [9.17, 15) is 9.59 Å². The molecule has 9 heteroatoms. The second kappa shape index (κ2) is 12.2. The van der Waals surface area contributed by atoms with Crippen molar-refractivity contribution in [3.63, 3.8) is 0 Å². The van der Waals surface area contributed by atoms with E-state index in [1.54, 1.807) is 13.1 Å². The Morgan fingerprint density at radius 3 is 1.95 bits per heavy atom. The van der Waals surface area contributed by atoms with Gasteiger partial charge >= 0.3 is 5.69 Å². The Kier molecular flexibility index (Phi) is 9.42. The molecule has 1 aliphatic rings. The predicted molar refractivity (Wildman–Crippen MR) is 184 cm³/mol. The number of H-pyrrole nitrogens is 1. The van der Waals surface area contributed by atoms with E-state index in [4.69, 9.17) is 13.6 Å². The maximum absolute atomic E-state index is 13.1. The Labute approximate surface area is 264 Å². The van der Waals surface area contributed by atoms with Gasteiger partial charge in [0.15, 0.2) is 8.32 Å². The van der Waals surface area contributed by atoms with Crippen molar-refractivity contribution in [1.82, 2.24) is 9.55 Å². The van der Waals surface area contributed by atoms with Crippen LogP contribution in [0.5, 0.6) is 0 Å². The van der Waals surface area contributed by atoms with E-state index in [1.165, 1.54) is 14.9 Å². The van der Waals surface area contributed by atoms with Gasteiger partial charge in [-0.25, -0.2) is 4.79 Å². The molecule has 2 aromatic carbocycles. The van der Waals surface area contributed by atoms with Gasteiger partial charge in [-0.05, 0) is 53.0 Å². The van der Waals surface area contributed by atoms with Crippen LogP contribution < -0.4 is 21.6 Å². The van der Waals surface area contributed by atoms with Crippen LogP contribution in [-0.4, -0.2) is 44.5 Å². The van der Waals surface area contributed by atoms with Gasteiger partial charge < -0.3 is 13.6 Å². The number of benzene rings is 2. The Morgan fingerprint density at radius 2 is 1.50 bits per heavy atom. The zero-order valence-electron chi connectivity index (χ0n) is 28.1. The summed E-state index contributed by atoms with van der Waals surface area (Å²) in [5.74, 6) is 0. The minimum Gasteiger partial charge on any atom is -0.410 e. The van der Waals surface area contributed by atoms with E-state index in [-0.39, 0.29) is 16.7 Å². The highest BCUT2D eigenvalue weighted by Gasteiger charge is 2.57. The number of hydrogen-bond acceptors (Lipinski definition) is 5. The number of rotatable bonds is 9. The van der Waals surface area contributed by atoms with Crippen molar-refractivity contribution in [2.24, 2.45) is 0 Å². The first-order valence-electron chi connectivity index (χ1n) is 15.4. The number of aryl methyl sites for hydroxylation is 1. The average molecular weight is 635 g/mol. The predicted octanol–water partition coefficient (Wildman–Crippen LogP) is 6.05. The highest BCUT2D eigenvalue weighted by atomic mass is 28.4. The summed E-state index contributed by atoms with van der Waals surface area (Å²) >= 11 is 0. The van der Waals surface area contributed by atoms with Crippen molar-refractivity contribution in [1.29, 1.82) is 0 Å². The fourth-order valence-corrected chi connectivity index (χ4v) is 11.9. The van der Waals surface area contributed by atoms with E-state index < -0.39 is 45.8 Å². The third-order valence-corrected chi connectivity index (χ3v) is 19.1. The molecule has 1 aromatic heterocycles. The van der Waals surface area contributed by atoms with Gasteiger partial charge in [-0.3, -0.25) is 14.3 Å². The zero-order chi connectivity index (χ0) is 32.7.